The predicted molar refractivity (Wildman–Crippen MR) is 118 cm³/mol. The van der Waals surface area contributed by atoms with Crippen molar-refractivity contribution in [1.29, 1.82) is 0 Å². The molecule has 0 aliphatic carbocycles. The summed E-state index contributed by atoms with van der Waals surface area (Å²) in [5.41, 5.74) is 0.700. The molecule has 1 saturated heterocycles. The van der Waals surface area contributed by atoms with Crippen LogP contribution in [0.15, 0.2) is 65.1 Å². The minimum Gasteiger partial charge on any atom is -0.497 e. The lowest BCUT2D eigenvalue weighted by atomic mass is 10.1. The van der Waals surface area contributed by atoms with Gasteiger partial charge in [0.05, 0.1) is 12.7 Å². The molecule has 1 aliphatic heterocycles. The average molecular weight is 458 g/mol. The highest BCUT2D eigenvalue weighted by Gasteiger charge is 2.31. The third-order valence-corrected chi connectivity index (χ3v) is 5.73. The summed E-state index contributed by atoms with van der Waals surface area (Å²) in [6.07, 6.45) is -3.62. The molecule has 0 saturated carbocycles. The van der Waals surface area contributed by atoms with E-state index in [1.807, 2.05) is 24.3 Å². The predicted octanol–water partition coefficient (Wildman–Crippen LogP) is 5.32. The first-order valence-electron chi connectivity index (χ1n) is 10.8. The van der Waals surface area contributed by atoms with Crippen molar-refractivity contribution in [3.8, 4) is 17.1 Å². The summed E-state index contributed by atoms with van der Waals surface area (Å²) in [5.74, 6) is 0.931. The molecular formula is C25H25F3N2O3. The number of hydrogen-bond acceptors (Lipinski definition) is 4. The number of rotatable bonds is 5. The van der Waals surface area contributed by atoms with Crippen LogP contribution >= 0.6 is 0 Å². The summed E-state index contributed by atoms with van der Waals surface area (Å²) in [6, 6.07) is 15.9. The molecule has 1 aromatic heterocycles. The van der Waals surface area contributed by atoms with Gasteiger partial charge in [0.25, 0.3) is 5.91 Å². The molecule has 33 heavy (non-hydrogen) atoms. The van der Waals surface area contributed by atoms with Crippen molar-refractivity contribution in [2.24, 2.45) is 0 Å². The molecule has 0 atom stereocenters. The van der Waals surface area contributed by atoms with Crippen molar-refractivity contribution >= 4 is 5.91 Å². The van der Waals surface area contributed by atoms with Crippen LogP contribution in [0.25, 0.3) is 11.3 Å². The number of nitrogens with zero attached hydrogens (tertiary/aromatic N) is 2. The number of furan rings is 1. The summed E-state index contributed by atoms with van der Waals surface area (Å²) in [7, 11) is 1.64. The van der Waals surface area contributed by atoms with Crippen LogP contribution in [0.5, 0.6) is 5.75 Å². The third kappa shape index (κ3) is 5.57. The van der Waals surface area contributed by atoms with E-state index in [1.54, 1.807) is 12.0 Å². The summed E-state index contributed by atoms with van der Waals surface area (Å²) in [6.45, 7) is 3.51. The van der Waals surface area contributed by atoms with E-state index < -0.39 is 11.7 Å². The minimum absolute atomic E-state index is 0.131. The van der Waals surface area contributed by atoms with Gasteiger partial charge in [-0.25, -0.2) is 0 Å². The zero-order chi connectivity index (χ0) is 23.4. The van der Waals surface area contributed by atoms with Gasteiger partial charge in [0.2, 0.25) is 0 Å². The summed E-state index contributed by atoms with van der Waals surface area (Å²) >= 11 is 0. The fourth-order valence-electron chi connectivity index (χ4n) is 3.93. The molecule has 0 N–H and O–H groups in total. The van der Waals surface area contributed by atoms with Gasteiger partial charge in [-0.2, -0.15) is 13.2 Å². The number of ether oxygens (including phenoxy) is 1. The number of halogens is 3. The van der Waals surface area contributed by atoms with Crippen molar-refractivity contribution in [1.82, 2.24) is 9.80 Å². The SMILES string of the molecule is COc1ccc(CN2CCCN(C(=O)c3ccc(-c4cccc(C(F)(F)F)c4)o3)CC2)cc1. The van der Waals surface area contributed by atoms with Gasteiger partial charge >= 0.3 is 6.18 Å². The maximum atomic E-state index is 13.0. The number of alkyl halides is 3. The number of benzene rings is 2. The van der Waals surface area contributed by atoms with Gasteiger partial charge in [0, 0.05) is 38.3 Å². The van der Waals surface area contributed by atoms with Gasteiger partial charge in [-0.15, -0.1) is 0 Å². The van der Waals surface area contributed by atoms with Gasteiger partial charge < -0.3 is 14.1 Å². The lowest BCUT2D eigenvalue weighted by Gasteiger charge is -2.21. The number of carbonyl (C=O) groups is 1. The molecule has 4 rings (SSSR count). The fourth-order valence-corrected chi connectivity index (χ4v) is 3.93. The number of hydrogen-bond donors (Lipinski definition) is 0. The quantitative estimate of drug-likeness (QED) is 0.519. The van der Waals surface area contributed by atoms with Crippen molar-refractivity contribution < 1.29 is 27.1 Å². The van der Waals surface area contributed by atoms with Crippen LogP contribution in [-0.4, -0.2) is 49.0 Å². The van der Waals surface area contributed by atoms with Crippen LogP contribution < -0.4 is 4.74 Å². The van der Waals surface area contributed by atoms with Crippen LogP contribution in [0.1, 0.15) is 28.1 Å². The average Bonchev–Trinajstić information content (AvgIpc) is 3.20. The molecule has 2 heterocycles. The first-order valence-corrected chi connectivity index (χ1v) is 10.8. The van der Waals surface area contributed by atoms with E-state index in [0.717, 1.165) is 43.9 Å². The number of amides is 1. The van der Waals surface area contributed by atoms with E-state index in [4.69, 9.17) is 9.15 Å². The Morgan fingerprint density at radius 3 is 2.52 bits per heavy atom. The molecule has 174 valence electrons. The van der Waals surface area contributed by atoms with E-state index in [9.17, 15) is 18.0 Å². The zero-order valence-electron chi connectivity index (χ0n) is 18.3. The molecule has 8 heteroatoms. The van der Waals surface area contributed by atoms with E-state index in [1.165, 1.54) is 29.8 Å². The maximum Gasteiger partial charge on any atom is 0.416 e. The Morgan fingerprint density at radius 2 is 1.79 bits per heavy atom. The minimum atomic E-state index is -4.44. The normalized spacial score (nSPS) is 15.3. The smallest absolute Gasteiger partial charge is 0.416 e. The Balaban J connectivity index is 1.39. The van der Waals surface area contributed by atoms with Crippen molar-refractivity contribution in [3.63, 3.8) is 0 Å². The second kappa shape index (κ2) is 9.70. The van der Waals surface area contributed by atoms with Crippen LogP contribution in [-0.2, 0) is 12.7 Å². The van der Waals surface area contributed by atoms with Crippen LogP contribution in [0, 0.1) is 0 Å². The molecule has 0 unspecified atom stereocenters. The second-order valence-electron chi connectivity index (χ2n) is 8.01. The molecule has 1 fully saturated rings. The molecule has 2 aromatic carbocycles. The molecule has 0 bridgehead atoms. The van der Waals surface area contributed by atoms with Gasteiger partial charge in [-0.3, -0.25) is 9.69 Å². The highest BCUT2D eigenvalue weighted by Crippen LogP contribution is 2.32. The Bertz CT molecular complexity index is 1090. The van der Waals surface area contributed by atoms with Crippen LogP contribution in [0.3, 0.4) is 0 Å². The standard InChI is InChI=1S/C25H25F3N2O3/c1-32-21-8-6-18(7-9-21)17-29-12-3-13-30(15-14-29)24(31)23-11-10-22(33-23)19-4-2-5-20(16-19)25(26,27)28/h2,4-11,16H,3,12-15,17H2,1H3. The van der Waals surface area contributed by atoms with Crippen molar-refractivity contribution in [3.05, 3.63) is 77.6 Å². The highest BCUT2D eigenvalue weighted by molar-refractivity contribution is 5.92. The summed E-state index contributed by atoms with van der Waals surface area (Å²) in [4.78, 5) is 17.0. The largest absolute Gasteiger partial charge is 0.497 e. The van der Waals surface area contributed by atoms with Gasteiger partial charge in [0.15, 0.2) is 5.76 Å². The Morgan fingerprint density at radius 1 is 1.00 bits per heavy atom. The molecule has 1 amide bonds. The zero-order valence-corrected chi connectivity index (χ0v) is 18.3. The van der Waals surface area contributed by atoms with E-state index in [0.29, 0.717) is 13.1 Å². The third-order valence-electron chi connectivity index (χ3n) is 5.73. The van der Waals surface area contributed by atoms with Crippen LogP contribution in [0.4, 0.5) is 13.2 Å². The molecule has 0 spiro atoms. The van der Waals surface area contributed by atoms with E-state index in [-0.39, 0.29) is 23.0 Å². The molecule has 1 aliphatic rings. The first kappa shape index (κ1) is 22.9. The lowest BCUT2D eigenvalue weighted by Crippen LogP contribution is -2.34. The summed E-state index contributed by atoms with van der Waals surface area (Å²) < 4.78 is 49.9. The van der Waals surface area contributed by atoms with Gasteiger partial charge in [-0.1, -0.05) is 24.3 Å². The molecule has 3 aromatic rings. The van der Waals surface area contributed by atoms with Gasteiger partial charge in [-0.05, 0) is 48.4 Å². The Hall–Kier alpha value is -3.26. The molecular weight excluding hydrogens is 433 g/mol. The van der Waals surface area contributed by atoms with E-state index >= 15 is 0 Å². The Labute approximate surface area is 190 Å². The van der Waals surface area contributed by atoms with Crippen LogP contribution in [0.2, 0.25) is 0 Å². The maximum absolute atomic E-state index is 13.0. The Kier molecular flexibility index (Phi) is 6.74. The number of methoxy groups -OCH3 is 1. The van der Waals surface area contributed by atoms with Crippen molar-refractivity contribution in [2.75, 3.05) is 33.3 Å². The van der Waals surface area contributed by atoms with Crippen molar-refractivity contribution in [2.45, 2.75) is 19.1 Å². The lowest BCUT2D eigenvalue weighted by molar-refractivity contribution is -0.137. The summed E-state index contributed by atoms with van der Waals surface area (Å²) in [5, 5.41) is 0. The monoisotopic (exact) mass is 458 g/mol. The topological polar surface area (TPSA) is 45.9 Å². The second-order valence-corrected chi connectivity index (χ2v) is 8.01. The molecule has 0 radical (unpaired) electrons. The van der Waals surface area contributed by atoms with Gasteiger partial charge in [0.1, 0.15) is 11.5 Å². The first-order chi connectivity index (χ1) is 15.8. The van der Waals surface area contributed by atoms with E-state index in [2.05, 4.69) is 4.90 Å². The fraction of sp³-hybridized carbons (Fsp3) is 0.320. The molecule has 5 nitrogen and oxygen atoms in total. The number of carbonyl (C=O) groups excluding carboxylic acids is 1. The highest BCUT2D eigenvalue weighted by atomic mass is 19.4.